The molecule has 0 spiro atoms. The largest absolute Gasteiger partial charge is 0.383 e. The van der Waals surface area contributed by atoms with Crippen molar-refractivity contribution in [1.82, 2.24) is 9.97 Å². The summed E-state index contributed by atoms with van der Waals surface area (Å²) in [6.07, 6.45) is 1.98. The van der Waals surface area contributed by atoms with Gasteiger partial charge in [-0.05, 0) is 19.3 Å². The molecule has 1 atom stereocenters. The van der Waals surface area contributed by atoms with Crippen LogP contribution in [0.3, 0.4) is 0 Å². The maximum absolute atomic E-state index is 11.6. The number of nitrogens with two attached hydrogens (primary N) is 1. The molecule has 6 nitrogen and oxygen atoms in total. The number of nitrogens with one attached hydrogen (secondary N) is 1. The molecule has 0 saturated carbocycles. The third kappa shape index (κ3) is 2.97. The van der Waals surface area contributed by atoms with E-state index in [1.807, 2.05) is 20.8 Å². The number of anilines is 2. The van der Waals surface area contributed by atoms with Crippen molar-refractivity contribution < 1.29 is 8.42 Å². The predicted octanol–water partition coefficient (Wildman–Crippen LogP) is 1.17. The zero-order valence-corrected chi connectivity index (χ0v) is 12.3. The first-order valence-corrected chi connectivity index (χ1v) is 8.13. The van der Waals surface area contributed by atoms with Crippen molar-refractivity contribution in [2.45, 2.75) is 38.6 Å². The average Bonchev–Trinajstić information content (AvgIpc) is 2.52. The predicted molar refractivity (Wildman–Crippen MR) is 75.8 cm³/mol. The standard InChI is InChI=1S/C12H20N4O2S/c1-8(2)9-10(13)14-7-15-11(9)16-12(3)4-5-19(17,18)6-12/h7-8H,4-6H2,1-3H3,(H3,13,14,15,16). The molecule has 1 fully saturated rings. The molecule has 1 aliphatic heterocycles. The van der Waals surface area contributed by atoms with Crippen LogP contribution in [0.25, 0.3) is 0 Å². The number of nitrogens with zero attached hydrogens (tertiary/aromatic N) is 2. The Morgan fingerprint density at radius 1 is 1.42 bits per heavy atom. The third-order valence-corrected chi connectivity index (χ3v) is 5.32. The second kappa shape index (κ2) is 4.63. The highest BCUT2D eigenvalue weighted by Crippen LogP contribution is 2.32. The van der Waals surface area contributed by atoms with Crippen LogP contribution in [0.5, 0.6) is 0 Å². The van der Waals surface area contributed by atoms with Crippen molar-refractivity contribution in [2.24, 2.45) is 0 Å². The Kier molecular flexibility index (Phi) is 3.42. The summed E-state index contributed by atoms with van der Waals surface area (Å²) in [5, 5.41) is 3.25. The maximum Gasteiger partial charge on any atom is 0.152 e. The van der Waals surface area contributed by atoms with Crippen LogP contribution in [-0.4, -0.2) is 35.4 Å². The summed E-state index contributed by atoms with van der Waals surface area (Å²) < 4.78 is 23.2. The molecule has 106 valence electrons. The average molecular weight is 284 g/mol. The Balaban J connectivity index is 2.32. The molecule has 0 amide bonds. The van der Waals surface area contributed by atoms with Gasteiger partial charge in [0.2, 0.25) is 0 Å². The highest BCUT2D eigenvalue weighted by Gasteiger charge is 2.39. The smallest absolute Gasteiger partial charge is 0.152 e. The van der Waals surface area contributed by atoms with Gasteiger partial charge in [0.05, 0.1) is 17.0 Å². The van der Waals surface area contributed by atoms with E-state index in [-0.39, 0.29) is 17.4 Å². The molecule has 1 saturated heterocycles. The molecular formula is C12H20N4O2S. The summed E-state index contributed by atoms with van der Waals surface area (Å²) in [7, 11) is -2.95. The fourth-order valence-corrected chi connectivity index (χ4v) is 4.57. The van der Waals surface area contributed by atoms with Gasteiger partial charge in [0.1, 0.15) is 18.0 Å². The molecule has 0 aromatic carbocycles. The van der Waals surface area contributed by atoms with Gasteiger partial charge >= 0.3 is 0 Å². The number of nitrogen functional groups attached to an aromatic ring is 1. The molecular weight excluding hydrogens is 264 g/mol. The SMILES string of the molecule is CC(C)c1c(N)ncnc1NC1(C)CCS(=O)(=O)C1. The molecule has 1 aromatic heterocycles. The van der Waals surface area contributed by atoms with Crippen molar-refractivity contribution in [3.05, 3.63) is 11.9 Å². The number of hydrogen-bond donors (Lipinski definition) is 2. The van der Waals surface area contributed by atoms with Gasteiger partial charge in [-0.25, -0.2) is 18.4 Å². The van der Waals surface area contributed by atoms with Crippen LogP contribution in [0.1, 0.15) is 38.7 Å². The van der Waals surface area contributed by atoms with E-state index in [0.717, 1.165) is 5.56 Å². The molecule has 3 N–H and O–H groups in total. The fourth-order valence-electron chi connectivity index (χ4n) is 2.47. The lowest BCUT2D eigenvalue weighted by Gasteiger charge is -2.27. The molecule has 1 unspecified atom stereocenters. The third-order valence-electron chi connectivity index (χ3n) is 3.42. The van der Waals surface area contributed by atoms with Crippen molar-refractivity contribution in [2.75, 3.05) is 22.6 Å². The van der Waals surface area contributed by atoms with Gasteiger partial charge in [-0.2, -0.15) is 0 Å². The van der Waals surface area contributed by atoms with Crippen LogP contribution in [-0.2, 0) is 9.84 Å². The molecule has 0 radical (unpaired) electrons. The normalized spacial score (nSPS) is 25.7. The second-order valence-electron chi connectivity index (χ2n) is 5.70. The van der Waals surface area contributed by atoms with Gasteiger partial charge < -0.3 is 11.1 Å². The molecule has 19 heavy (non-hydrogen) atoms. The highest BCUT2D eigenvalue weighted by molar-refractivity contribution is 7.91. The van der Waals surface area contributed by atoms with Crippen molar-refractivity contribution in [3.8, 4) is 0 Å². The minimum absolute atomic E-state index is 0.126. The van der Waals surface area contributed by atoms with Crippen LogP contribution in [0.4, 0.5) is 11.6 Å². The monoisotopic (exact) mass is 284 g/mol. The van der Waals surface area contributed by atoms with Crippen molar-refractivity contribution >= 4 is 21.5 Å². The van der Waals surface area contributed by atoms with Gasteiger partial charge in [-0.1, -0.05) is 13.8 Å². The summed E-state index contributed by atoms with van der Waals surface area (Å²) in [5.41, 5.74) is 6.24. The van der Waals surface area contributed by atoms with Crippen LogP contribution in [0.2, 0.25) is 0 Å². The number of hydrogen-bond acceptors (Lipinski definition) is 6. The molecule has 2 heterocycles. The van der Waals surface area contributed by atoms with E-state index in [4.69, 9.17) is 5.73 Å². The highest BCUT2D eigenvalue weighted by atomic mass is 32.2. The quantitative estimate of drug-likeness (QED) is 0.864. The van der Waals surface area contributed by atoms with E-state index in [2.05, 4.69) is 15.3 Å². The first-order valence-electron chi connectivity index (χ1n) is 6.31. The zero-order chi connectivity index (χ0) is 14.3. The van der Waals surface area contributed by atoms with Gasteiger partial charge in [-0.3, -0.25) is 0 Å². The first-order chi connectivity index (χ1) is 8.72. The van der Waals surface area contributed by atoms with Gasteiger partial charge in [0.15, 0.2) is 9.84 Å². The van der Waals surface area contributed by atoms with Crippen LogP contribution in [0.15, 0.2) is 6.33 Å². The topological polar surface area (TPSA) is 98.0 Å². The lowest BCUT2D eigenvalue weighted by atomic mass is 9.99. The molecule has 1 aliphatic rings. The van der Waals surface area contributed by atoms with Gasteiger partial charge in [-0.15, -0.1) is 0 Å². The molecule has 1 aromatic rings. The van der Waals surface area contributed by atoms with Gasteiger partial charge in [0.25, 0.3) is 0 Å². The summed E-state index contributed by atoms with van der Waals surface area (Å²) in [4.78, 5) is 8.22. The molecule has 7 heteroatoms. The summed E-state index contributed by atoms with van der Waals surface area (Å²) in [6, 6.07) is 0. The number of aromatic nitrogens is 2. The maximum atomic E-state index is 11.6. The van der Waals surface area contributed by atoms with Crippen molar-refractivity contribution in [1.29, 1.82) is 0 Å². The Morgan fingerprint density at radius 2 is 2.11 bits per heavy atom. The lowest BCUT2D eigenvalue weighted by Crippen LogP contribution is -2.36. The van der Waals surface area contributed by atoms with E-state index in [1.165, 1.54) is 6.33 Å². The van der Waals surface area contributed by atoms with Crippen LogP contribution >= 0.6 is 0 Å². The molecule has 0 aliphatic carbocycles. The molecule has 0 bridgehead atoms. The Hall–Kier alpha value is -1.37. The summed E-state index contributed by atoms with van der Waals surface area (Å²) in [5.74, 6) is 1.60. The summed E-state index contributed by atoms with van der Waals surface area (Å²) in [6.45, 7) is 5.92. The van der Waals surface area contributed by atoms with E-state index < -0.39 is 15.4 Å². The number of rotatable bonds is 3. The second-order valence-corrected chi connectivity index (χ2v) is 7.89. The van der Waals surface area contributed by atoms with Crippen LogP contribution in [0, 0.1) is 0 Å². The van der Waals surface area contributed by atoms with E-state index >= 15 is 0 Å². The Morgan fingerprint density at radius 3 is 2.63 bits per heavy atom. The minimum Gasteiger partial charge on any atom is -0.383 e. The van der Waals surface area contributed by atoms with E-state index in [0.29, 0.717) is 18.1 Å². The fraction of sp³-hybridized carbons (Fsp3) is 0.667. The molecule has 2 rings (SSSR count). The van der Waals surface area contributed by atoms with E-state index in [1.54, 1.807) is 0 Å². The lowest BCUT2D eigenvalue weighted by molar-refractivity contribution is 0.570. The van der Waals surface area contributed by atoms with E-state index in [9.17, 15) is 8.42 Å². The zero-order valence-electron chi connectivity index (χ0n) is 11.5. The minimum atomic E-state index is -2.95. The summed E-state index contributed by atoms with van der Waals surface area (Å²) >= 11 is 0. The Bertz CT molecular complexity index is 585. The van der Waals surface area contributed by atoms with Crippen LogP contribution < -0.4 is 11.1 Å². The van der Waals surface area contributed by atoms with Gasteiger partial charge in [0, 0.05) is 5.56 Å². The number of sulfone groups is 1. The Labute approximate surface area is 113 Å². The van der Waals surface area contributed by atoms with Crippen molar-refractivity contribution in [3.63, 3.8) is 0 Å². The first kappa shape index (κ1) is 14.0.